The fourth-order valence-corrected chi connectivity index (χ4v) is 7.13. The molecule has 0 bridgehead atoms. The predicted octanol–water partition coefficient (Wildman–Crippen LogP) is 7.58. The van der Waals surface area contributed by atoms with E-state index >= 15 is 0 Å². The second-order valence-corrected chi connectivity index (χ2v) is 14.4. The second kappa shape index (κ2) is 16.8. The number of quaternary nitrogens is 1. The van der Waals surface area contributed by atoms with E-state index in [9.17, 15) is 9.59 Å². The average molecular weight is 771 g/mol. The van der Waals surface area contributed by atoms with Gasteiger partial charge in [0.25, 0.3) is 0 Å². The zero-order valence-corrected chi connectivity index (χ0v) is 32.8. The van der Waals surface area contributed by atoms with Crippen LogP contribution in [0.4, 0.5) is 33.6 Å². The highest BCUT2D eigenvalue weighted by Gasteiger charge is 2.47. The number of benzene rings is 4. The van der Waals surface area contributed by atoms with Crippen LogP contribution in [0.3, 0.4) is 0 Å². The molecule has 4 aromatic carbocycles. The lowest BCUT2D eigenvalue weighted by molar-refractivity contribution is 0.0384. The standard InChI is InChI=1S/C43H47N9O5/c1-27(2)47-43(54)52(38-12-16-46-50-38,33-11-10-28(3)29(4)22-33)34-24-30-8-6-7-9-35(30)36(26-34)57-39-13-15-45-42(48-39)49-40-31(14-17-51-18-20-56-21-19-51)23-32(41(44)53)25-37(40)55-5/h6-13,15-16,22-27H,14,17-21H2,1-5H3,(H4-,44,45,46,47,48,49,50,53,54)/p+1. The number of nitrogens with zero attached hydrogens (tertiary/aromatic N) is 5. The molecule has 7 rings (SSSR count). The number of hydrogen-bond donors (Lipinski definition) is 4. The first kappa shape index (κ1) is 38.9. The SMILES string of the molecule is COc1cc(C(N)=O)cc(CCN2CCOCC2)c1Nc1nccc(Oc2cc([N+](C(=O)NC(C)C)(c3ccc(C)c(C)c3)c3ccn[nH]3)cc3ccccc23)n1. The van der Waals surface area contributed by atoms with E-state index in [2.05, 4.69) is 30.7 Å². The van der Waals surface area contributed by atoms with Crippen molar-refractivity contribution >= 4 is 51.5 Å². The van der Waals surface area contributed by atoms with Crippen molar-refractivity contribution in [1.29, 1.82) is 0 Å². The number of urea groups is 1. The van der Waals surface area contributed by atoms with E-state index in [4.69, 9.17) is 24.9 Å². The van der Waals surface area contributed by atoms with Gasteiger partial charge in [-0.1, -0.05) is 30.3 Å². The number of aromatic nitrogens is 4. The average Bonchev–Trinajstić information content (AvgIpc) is 3.74. The maximum absolute atomic E-state index is 14.8. The molecule has 1 saturated heterocycles. The lowest BCUT2D eigenvalue weighted by Crippen LogP contribution is -2.53. The zero-order valence-electron chi connectivity index (χ0n) is 32.8. The summed E-state index contributed by atoms with van der Waals surface area (Å²) in [6.45, 7) is 11.7. The van der Waals surface area contributed by atoms with Crippen LogP contribution < -0.4 is 30.3 Å². The molecule has 14 nitrogen and oxygen atoms in total. The van der Waals surface area contributed by atoms with E-state index < -0.39 is 5.91 Å². The first-order valence-electron chi connectivity index (χ1n) is 19.0. The van der Waals surface area contributed by atoms with Crippen LogP contribution in [-0.4, -0.2) is 83.0 Å². The summed E-state index contributed by atoms with van der Waals surface area (Å²) in [5.41, 5.74) is 11.0. The molecule has 3 heterocycles. The number of morpholine rings is 1. The van der Waals surface area contributed by atoms with Gasteiger partial charge >= 0.3 is 6.03 Å². The Kier molecular flexibility index (Phi) is 11.5. The number of nitrogens with two attached hydrogens (primary N) is 1. The highest BCUT2D eigenvalue weighted by atomic mass is 16.5. The topological polar surface area (TPSA) is 170 Å². The van der Waals surface area contributed by atoms with Gasteiger partial charge in [-0.2, -0.15) is 10.1 Å². The highest BCUT2D eigenvalue weighted by Crippen LogP contribution is 2.47. The number of H-pyrrole nitrogens is 1. The molecular formula is C43H48N9O5+. The number of fused-ring (bicyclic) bond motifs is 1. The summed E-state index contributed by atoms with van der Waals surface area (Å²) in [5.74, 6) is 1.41. The van der Waals surface area contributed by atoms with E-state index in [1.54, 1.807) is 30.6 Å². The largest absolute Gasteiger partial charge is 0.495 e. The quantitative estimate of drug-likeness (QED) is 0.0859. The molecule has 5 N–H and O–H groups in total. The summed E-state index contributed by atoms with van der Waals surface area (Å²) in [7, 11) is 1.54. The van der Waals surface area contributed by atoms with Crippen molar-refractivity contribution in [3.05, 3.63) is 114 Å². The Labute approximate surface area is 331 Å². The van der Waals surface area contributed by atoms with Crippen molar-refractivity contribution in [2.45, 2.75) is 40.2 Å². The summed E-state index contributed by atoms with van der Waals surface area (Å²) in [5, 5.41) is 15.6. The monoisotopic (exact) mass is 770 g/mol. The Morgan fingerprint density at radius 1 is 0.947 bits per heavy atom. The van der Waals surface area contributed by atoms with Gasteiger partial charge in [-0.05, 0) is 68.3 Å². The van der Waals surface area contributed by atoms with Crippen LogP contribution in [-0.2, 0) is 11.2 Å². The first-order chi connectivity index (χ1) is 27.6. The van der Waals surface area contributed by atoms with Gasteiger partial charge in [-0.15, -0.1) is 4.48 Å². The number of methoxy groups -OCH3 is 1. The Balaban J connectivity index is 1.31. The molecule has 1 unspecified atom stereocenters. The van der Waals surface area contributed by atoms with Gasteiger partial charge in [0.2, 0.25) is 23.6 Å². The maximum Gasteiger partial charge on any atom is 0.433 e. The molecule has 0 saturated carbocycles. The second-order valence-electron chi connectivity index (χ2n) is 14.4. The number of amides is 3. The number of aryl methyl sites for hydroxylation is 2. The summed E-state index contributed by atoms with van der Waals surface area (Å²) >= 11 is 0. The fraction of sp³-hybridized carbons (Fsp3) is 0.279. The maximum atomic E-state index is 14.8. The Hall–Kier alpha value is -6.35. The van der Waals surface area contributed by atoms with Gasteiger partial charge in [0.05, 0.1) is 32.2 Å². The van der Waals surface area contributed by atoms with Crippen molar-refractivity contribution < 1.29 is 23.8 Å². The van der Waals surface area contributed by atoms with E-state index in [0.29, 0.717) is 53.9 Å². The van der Waals surface area contributed by atoms with Gasteiger partial charge in [0, 0.05) is 79.2 Å². The molecule has 3 amide bonds. The van der Waals surface area contributed by atoms with Crippen molar-refractivity contribution in [3.63, 3.8) is 0 Å². The van der Waals surface area contributed by atoms with Crippen LogP contribution in [0.2, 0.25) is 0 Å². The molecule has 0 spiro atoms. The van der Waals surface area contributed by atoms with Gasteiger partial charge in [-0.25, -0.2) is 14.9 Å². The Morgan fingerprint density at radius 3 is 2.47 bits per heavy atom. The molecule has 1 aliphatic rings. The van der Waals surface area contributed by atoms with Gasteiger partial charge < -0.3 is 30.6 Å². The molecule has 1 fully saturated rings. The predicted molar refractivity (Wildman–Crippen MR) is 221 cm³/mol. The zero-order chi connectivity index (χ0) is 40.1. The van der Waals surface area contributed by atoms with E-state index in [1.165, 1.54) is 7.11 Å². The first-order valence-corrected chi connectivity index (χ1v) is 19.0. The van der Waals surface area contributed by atoms with E-state index in [0.717, 1.165) is 52.8 Å². The number of anilines is 2. The van der Waals surface area contributed by atoms with Crippen molar-refractivity contribution in [2.24, 2.45) is 5.73 Å². The Morgan fingerprint density at radius 2 is 1.75 bits per heavy atom. The molecule has 57 heavy (non-hydrogen) atoms. The molecule has 2 aromatic heterocycles. The highest BCUT2D eigenvalue weighted by molar-refractivity contribution is 6.03. The molecule has 14 heteroatoms. The van der Waals surface area contributed by atoms with Gasteiger partial charge in [-0.3, -0.25) is 9.69 Å². The van der Waals surface area contributed by atoms with Crippen molar-refractivity contribution in [2.75, 3.05) is 45.3 Å². The number of carbonyl (C=O) groups excluding carboxylic acids is 2. The summed E-state index contributed by atoms with van der Waals surface area (Å²) in [6.07, 6.45) is 3.85. The van der Waals surface area contributed by atoms with E-state index in [1.807, 2.05) is 88.4 Å². The molecule has 1 aliphatic heterocycles. The fourth-order valence-electron chi connectivity index (χ4n) is 7.13. The lowest BCUT2D eigenvalue weighted by Gasteiger charge is -2.34. The third-order valence-electron chi connectivity index (χ3n) is 10.2. The molecule has 0 aliphatic carbocycles. The molecule has 6 aromatic rings. The smallest absolute Gasteiger partial charge is 0.433 e. The van der Waals surface area contributed by atoms with Crippen LogP contribution in [0, 0.1) is 13.8 Å². The summed E-state index contributed by atoms with van der Waals surface area (Å²) in [6, 6.07) is 24.2. The molecular weight excluding hydrogens is 723 g/mol. The van der Waals surface area contributed by atoms with E-state index in [-0.39, 0.29) is 28.4 Å². The number of nitrogens with one attached hydrogen (secondary N) is 3. The third kappa shape index (κ3) is 8.14. The number of carbonyl (C=O) groups is 2. The van der Waals surface area contributed by atoms with Crippen LogP contribution in [0.1, 0.15) is 40.9 Å². The minimum atomic E-state index is -0.553. The number of ether oxygens (including phenoxy) is 3. The number of rotatable bonds is 13. The lowest BCUT2D eigenvalue weighted by atomic mass is 10.0. The van der Waals surface area contributed by atoms with Gasteiger partial charge in [0.15, 0.2) is 11.4 Å². The van der Waals surface area contributed by atoms with Crippen LogP contribution in [0.5, 0.6) is 17.4 Å². The molecule has 294 valence electrons. The Bertz CT molecular complexity index is 2400. The number of primary amides is 1. The number of aromatic amines is 1. The minimum Gasteiger partial charge on any atom is -0.495 e. The summed E-state index contributed by atoms with van der Waals surface area (Å²) in [4.78, 5) is 38.7. The third-order valence-corrected chi connectivity index (χ3v) is 10.2. The molecule has 0 radical (unpaired) electrons. The van der Waals surface area contributed by atoms with Crippen molar-refractivity contribution in [3.8, 4) is 17.4 Å². The van der Waals surface area contributed by atoms with Gasteiger partial charge in [0.1, 0.15) is 11.5 Å². The van der Waals surface area contributed by atoms with Crippen molar-refractivity contribution in [1.82, 2.24) is 34.9 Å². The van der Waals surface area contributed by atoms with Crippen LogP contribution >= 0.6 is 0 Å². The normalized spacial score (nSPS) is 14.3. The minimum absolute atomic E-state index is 0.155. The number of hydrogen-bond acceptors (Lipinski definition) is 10. The molecule has 1 atom stereocenters. The van der Waals surface area contributed by atoms with Crippen LogP contribution in [0.25, 0.3) is 10.8 Å². The van der Waals surface area contributed by atoms with Crippen LogP contribution in [0.15, 0.2) is 91.3 Å². The summed E-state index contributed by atoms with van der Waals surface area (Å²) < 4.78 is 17.6.